The maximum Gasteiger partial charge on any atom is 0.227 e. The summed E-state index contributed by atoms with van der Waals surface area (Å²) in [4.78, 5) is 19.7. The molecule has 1 aliphatic heterocycles. The number of benzene rings is 2. The quantitative estimate of drug-likeness (QED) is 0.665. The van der Waals surface area contributed by atoms with E-state index in [4.69, 9.17) is 4.42 Å². The van der Waals surface area contributed by atoms with Crippen molar-refractivity contribution in [2.45, 2.75) is 33.6 Å². The first-order valence-corrected chi connectivity index (χ1v) is 10.4. The SMILES string of the molecule is CC(C)(C)CN1CCC(C(=O)Nc2ccc(-c3nc4ccccc4o3)cc2)CC1. The van der Waals surface area contributed by atoms with Gasteiger partial charge in [0.05, 0.1) is 0 Å². The molecule has 0 spiro atoms. The highest BCUT2D eigenvalue weighted by Crippen LogP contribution is 2.26. The molecule has 1 aliphatic rings. The maximum atomic E-state index is 12.7. The van der Waals surface area contributed by atoms with Crippen LogP contribution in [0.25, 0.3) is 22.6 Å². The second-order valence-corrected chi connectivity index (χ2v) is 9.16. The van der Waals surface area contributed by atoms with E-state index in [1.807, 2.05) is 48.5 Å². The molecule has 2 aromatic carbocycles. The third-order valence-corrected chi connectivity index (χ3v) is 5.35. The molecule has 0 bridgehead atoms. The predicted molar refractivity (Wildman–Crippen MR) is 117 cm³/mol. The Bertz CT molecular complexity index is 944. The summed E-state index contributed by atoms with van der Waals surface area (Å²) >= 11 is 0. The molecular weight excluding hydrogens is 362 g/mol. The lowest BCUT2D eigenvalue weighted by molar-refractivity contribution is -0.121. The molecule has 152 valence electrons. The fraction of sp³-hybridized carbons (Fsp3) is 0.417. The minimum absolute atomic E-state index is 0.0861. The number of piperidine rings is 1. The smallest absolute Gasteiger partial charge is 0.227 e. The third kappa shape index (κ3) is 4.85. The zero-order valence-electron chi connectivity index (χ0n) is 17.4. The van der Waals surface area contributed by atoms with Gasteiger partial charge in [-0.3, -0.25) is 4.79 Å². The molecule has 3 aromatic rings. The molecule has 4 rings (SSSR count). The number of fused-ring (bicyclic) bond motifs is 1. The van der Waals surface area contributed by atoms with Crippen LogP contribution < -0.4 is 5.32 Å². The first kappa shape index (κ1) is 19.6. The van der Waals surface area contributed by atoms with Crippen LogP contribution in [0.15, 0.2) is 52.9 Å². The summed E-state index contributed by atoms with van der Waals surface area (Å²) in [7, 11) is 0. The average molecular weight is 392 g/mol. The summed E-state index contributed by atoms with van der Waals surface area (Å²) in [6, 6.07) is 15.4. The highest BCUT2D eigenvalue weighted by Gasteiger charge is 2.27. The summed E-state index contributed by atoms with van der Waals surface area (Å²) in [6.07, 6.45) is 1.84. The van der Waals surface area contributed by atoms with Crippen molar-refractivity contribution in [1.82, 2.24) is 9.88 Å². The van der Waals surface area contributed by atoms with E-state index in [0.29, 0.717) is 11.3 Å². The first-order valence-electron chi connectivity index (χ1n) is 10.4. The Balaban J connectivity index is 1.35. The van der Waals surface area contributed by atoms with Gasteiger partial charge in [-0.25, -0.2) is 4.98 Å². The molecule has 1 fully saturated rings. The van der Waals surface area contributed by atoms with Crippen molar-refractivity contribution < 1.29 is 9.21 Å². The van der Waals surface area contributed by atoms with Gasteiger partial charge in [0.2, 0.25) is 11.8 Å². The second kappa shape index (κ2) is 7.99. The van der Waals surface area contributed by atoms with Gasteiger partial charge in [-0.05, 0) is 67.7 Å². The van der Waals surface area contributed by atoms with Crippen molar-refractivity contribution in [3.63, 3.8) is 0 Å². The largest absolute Gasteiger partial charge is 0.436 e. The van der Waals surface area contributed by atoms with Crippen molar-refractivity contribution in [3.8, 4) is 11.5 Å². The molecule has 1 amide bonds. The standard InChI is InChI=1S/C24H29N3O2/c1-24(2,3)16-27-14-12-17(13-15-27)22(28)25-19-10-8-18(9-11-19)23-26-20-6-4-5-7-21(20)29-23/h4-11,17H,12-16H2,1-3H3,(H,25,28). The van der Waals surface area contributed by atoms with Crippen LogP contribution in [0.2, 0.25) is 0 Å². The van der Waals surface area contributed by atoms with Crippen LogP contribution in [0.4, 0.5) is 5.69 Å². The van der Waals surface area contributed by atoms with Crippen LogP contribution in [-0.2, 0) is 4.79 Å². The topological polar surface area (TPSA) is 58.4 Å². The van der Waals surface area contributed by atoms with Crippen molar-refractivity contribution in [2.75, 3.05) is 25.0 Å². The summed E-state index contributed by atoms with van der Waals surface area (Å²) in [5.74, 6) is 0.799. The number of amides is 1. The number of carbonyl (C=O) groups is 1. The zero-order valence-corrected chi connectivity index (χ0v) is 17.4. The number of para-hydroxylation sites is 2. The summed E-state index contributed by atoms with van der Waals surface area (Å²) in [6.45, 7) is 9.85. The number of carbonyl (C=O) groups excluding carboxylic acids is 1. The van der Waals surface area contributed by atoms with Gasteiger partial charge in [-0.15, -0.1) is 0 Å². The molecule has 0 aliphatic carbocycles. The number of hydrogen-bond donors (Lipinski definition) is 1. The Kier molecular flexibility index (Phi) is 5.41. The summed E-state index contributed by atoms with van der Waals surface area (Å²) < 4.78 is 5.81. The van der Waals surface area contributed by atoms with Gasteiger partial charge in [0.15, 0.2) is 5.58 Å². The Morgan fingerprint density at radius 2 is 1.79 bits per heavy atom. The molecule has 0 saturated carbocycles. The van der Waals surface area contributed by atoms with Crippen LogP contribution in [0.1, 0.15) is 33.6 Å². The van der Waals surface area contributed by atoms with E-state index < -0.39 is 0 Å². The van der Waals surface area contributed by atoms with E-state index in [2.05, 4.69) is 36.0 Å². The highest BCUT2D eigenvalue weighted by molar-refractivity contribution is 5.92. The third-order valence-electron chi connectivity index (χ3n) is 5.35. The molecule has 1 saturated heterocycles. The van der Waals surface area contributed by atoms with Gasteiger partial charge in [-0.1, -0.05) is 32.9 Å². The van der Waals surface area contributed by atoms with Crippen molar-refractivity contribution in [1.29, 1.82) is 0 Å². The molecule has 5 heteroatoms. The molecule has 2 heterocycles. The van der Waals surface area contributed by atoms with E-state index in [1.54, 1.807) is 0 Å². The van der Waals surface area contributed by atoms with E-state index >= 15 is 0 Å². The lowest BCUT2D eigenvalue weighted by Crippen LogP contribution is -2.41. The van der Waals surface area contributed by atoms with Crippen LogP contribution in [0, 0.1) is 11.3 Å². The molecule has 0 unspecified atom stereocenters. The van der Waals surface area contributed by atoms with Crippen LogP contribution >= 0.6 is 0 Å². The number of rotatable bonds is 4. The molecular formula is C24H29N3O2. The number of oxazole rings is 1. The van der Waals surface area contributed by atoms with Crippen molar-refractivity contribution in [3.05, 3.63) is 48.5 Å². The van der Waals surface area contributed by atoms with Gasteiger partial charge in [-0.2, -0.15) is 0 Å². The lowest BCUT2D eigenvalue weighted by atomic mass is 9.91. The second-order valence-electron chi connectivity index (χ2n) is 9.16. The molecule has 29 heavy (non-hydrogen) atoms. The zero-order chi connectivity index (χ0) is 20.4. The normalized spacial score (nSPS) is 16.2. The Hall–Kier alpha value is -2.66. The Labute approximate surface area is 172 Å². The van der Waals surface area contributed by atoms with Gasteiger partial charge in [0.1, 0.15) is 5.52 Å². The monoisotopic (exact) mass is 391 g/mol. The molecule has 1 aromatic heterocycles. The predicted octanol–water partition coefficient (Wildman–Crippen LogP) is 5.19. The number of anilines is 1. The summed E-state index contributed by atoms with van der Waals surface area (Å²) in [5, 5.41) is 3.07. The fourth-order valence-electron chi connectivity index (χ4n) is 3.96. The number of nitrogens with zero attached hydrogens (tertiary/aromatic N) is 2. The van der Waals surface area contributed by atoms with E-state index in [-0.39, 0.29) is 11.8 Å². The molecule has 5 nitrogen and oxygen atoms in total. The van der Waals surface area contributed by atoms with E-state index in [0.717, 1.165) is 54.8 Å². The van der Waals surface area contributed by atoms with Gasteiger partial charge in [0.25, 0.3) is 0 Å². The number of hydrogen-bond acceptors (Lipinski definition) is 4. The molecule has 0 atom stereocenters. The van der Waals surface area contributed by atoms with E-state index in [1.165, 1.54) is 0 Å². The van der Waals surface area contributed by atoms with Crippen molar-refractivity contribution >= 4 is 22.7 Å². The molecule has 0 radical (unpaired) electrons. The Morgan fingerprint density at radius 1 is 1.10 bits per heavy atom. The number of aromatic nitrogens is 1. The van der Waals surface area contributed by atoms with Gasteiger partial charge >= 0.3 is 0 Å². The van der Waals surface area contributed by atoms with Crippen LogP contribution in [0.3, 0.4) is 0 Å². The highest BCUT2D eigenvalue weighted by atomic mass is 16.3. The van der Waals surface area contributed by atoms with Crippen molar-refractivity contribution in [2.24, 2.45) is 11.3 Å². The van der Waals surface area contributed by atoms with Crippen LogP contribution in [0.5, 0.6) is 0 Å². The fourth-order valence-corrected chi connectivity index (χ4v) is 3.96. The molecule has 1 N–H and O–H groups in total. The lowest BCUT2D eigenvalue weighted by Gasteiger charge is -2.35. The minimum Gasteiger partial charge on any atom is -0.436 e. The maximum absolute atomic E-state index is 12.7. The number of nitrogens with one attached hydrogen (secondary N) is 1. The van der Waals surface area contributed by atoms with Gasteiger partial charge < -0.3 is 14.6 Å². The van der Waals surface area contributed by atoms with Crippen LogP contribution in [-0.4, -0.2) is 35.4 Å². The Morgan fingerprint density at radius 3 is 2.45 bits per heavy atom. The number of likely N-dealkylation sites (tertiary alicyclic amines) is 1. The van der Waals surface area contributed by atoms with Gasteiger partial charge in [0, 0.05) is 23.7 Å². The summed E-state index contributed by atoms with van der Waals surface area (Å²) in [5.41, 5.74) is 3.63. The minimum atomic E-state index is 0.0861. The first-order chi connectivity index (χ1) is 13.9. The van der Waals surface area contributed by atoms with E-state index in [9.17, 15) is 4.79 Å². The average Bonchev–Trinajstić information content (AvgIpc) is 3.12.